The Morgan fingerprint density at radius 2 is 1.62 bits per heavy atom. The number of nitrogens with zero attached hydrogens (tertiary/aromatic N) is 3. The van der Waals surface area contributed by atoms with Crippen molar-refractivity contribution in [1.82, 2.24) is 11.1 Å². The summed E-state index contributed by atoms with van der Waals surface area (Å²) in [5, 5.41) is 1.76. The number of anilines is 2. The molecule has 182 valence electrons. The second-order valence-electron chi connectivity index (χ2n) is 8.47. The highest BCUT2D eigenvalue weighted by molar-refractivity contribution is 6.11. The zero-order valence-electron chi connectivity index (χ0n) is 20.3. The molecule has 34 heavy (non-hydrogen) atoms. The smallest absolute Gasteiger partial charge is 0.300 e. The molecule has 1 heterocycles. The van der Waals surface area contributed by atoms with E-state index in [-0.39, 0.29) is 18.1 Å². The van der Waals surface area contributed by atoms with E-state index in [4.69, 9.17) is 14.6 Å². The maximum Gasteiger partial charge on any atom is 0.300 e. The predicted octanol–water partition coefficient (Wildman–Crippen LogP) is 6.24. The highest BCUT2D eigenvalue weighted by Crippen LogP contribution is 2.27. The Kier molecular flexibility index (Phi) is 9.24. The molecule has 0 radical (unpaired) electrons. The van der Waals surface area contributed by atoms with Crippen LogP contribution >= 0.6 is 0 Å². The van der Waals surface area contributed by atoms with Crippen LogP contribution in [-0.2, 0) is 14.4 Å². The number of hydrogen-bond acceptors (Lipinski definition) is 6. The van der Waals surface area contributed by atoms with Crippen LogP contribution in [0.3, 0.4) is 0 Å². The van der Waals surface area contributed by atoms with Crippen molar-refractivity contribution < 1.29 is 14.4 Å². The molecule has 2 aromatic rings. The number of carbonyl (C=O) groups is 1. The summed E-state index contributed by atoms with van der Waals surface area (Å²) >= 11 is 0. The third kappa shape index (κ3) is 6.04. The number of ether oxygens (including phenoxy) is 1. The first-order chi connectivity index (χ1) is 16.2. The van der Waals surface area contributed by atoms with Crippen molar-refractivity contribution in [2.75, 3.05) is 18.7 Å². The second kappa shape index (κ2) is 12.3. The van der Waals surface area contributed by atoms with E-state index in [1.54, 1.807) is 23.1 Å². The van der Waals surface area contributed by atoms with Gasteiger partial charge in [-0.2, -0.15) is 0 Å². The number of rotatable bonds is 6. The first-order valence-corrected chi connectivity index (χ1v) is 12.0. The van der Waals surface area contributed by atoms with E-state index in [2.05, 4.69) is 0 Å². The quantitative estimate of drug-likeness (QED) is 0.404. The van der Waals surface area contributed by atoms with Gasteiger partial charge in [0.1, 0.15) is 0 Å². The molecule has 1 aliphatic heterocycles. The Morgan fingerprint density at radius 3 is 2.24 bits per heavy atom. The summed E-state index contributed by atoms with van der Waals surface area (Å²) in [5.74, 6) is 0.190. The van der Waals surface area contributed by atoms with E-state index in [1.807, 2.05) is 61.5 Å². The summed E-state index contributed by atoms with van der Waals surface area (Å²) in [5.41, 5.74) is 2.72. The van der Waals surface area contributed by atoms with E-state index in [9.17, 15) is 4.79 Å². The molecule has 1 saturated carbocycles. The van der Waals surface area contributed by atoms with Crippen molar-refractivity contribution in [1.29, 1.82) is 0 Å². The summed E-state index contributed by atoms with van der Waals surface area (Å²) in [6.45, 7) is 2.50. The van der Waals surface area contributed by atoms with E-state index >= 15 is 0 Å². The minimum absolute atomic E-state index is 0. The topological polar surface area (TPSA) is 89.4 Å². The lowest BCUT2D eigenvalue weighted by atomic mass is 9.97. The molecule has 1 amide bonds. The summed E-state index contributed by atoms with van der Waals surface area (Å²) in [7, 11) is 1.64. The monoisotopic (exact) mass is 464 g/mol. The van der Waals surface area contributed by atoms with Gasteiger partial charge < -0.3 is 10.9 Å². The van der Waals surface area contributed by atoms with Crippen LogP contribution in [0.1, 0.15) is 57.4 Å². The Labute approximate surface area is 202 Å². The average Bonchev–Trinajstić information content (AvgIpc) is 3.11. The highest BCUT2D eigenvalue weighted by Gasteiger charge is 2.34. The van der Waals surface area contributed by atoms with Crippen molar-refractivity contribution in [2.45, 2.75) is 57.9 Å². The fourth-order valence-electron chi connectivity index (χ4n) is 4.38. The largest absolute Gasteiger partial charge is 0.420 e. The fraction of sp³-hybridized carbons (Fsp3) is 0.407. The van der Waals surface area contributed by atoms with E-state index < -0.39 is 0 Å². The van der Waals surface area contributed by atoms with E-state index in [0.717, 1.165) is 29.8 Å². The number of amidine groups is 1. The molecule has 7 heteroatoms. The zero-order valence-corrected chi connectivity index (χ0v) is 20.3. The van der Waals surface area contributed by atoms with Crippen molar-refractivity contribution in [3.05, 3.63) is 65.9 Å². The Bertz CT molecular complexity index is 981. The number of aliphatic imine (C=N–C) groups is 1. The van der Waals surface area contributed by atoms with Crippen LogP contribution in [0.15, 0.2) is 65.3 Å². The van der Waals surface area contributed by atoms with Gasteiger partial charge in [-0.3, -0.25) is 14.5 Å². The van der Waals surface area contributed by atoms with Crippen LogP contribution < -0.4 is 11.2 Å². The number of amides is 1. The number of para-hydroxylation sites is 1. The van der Waals surface area contributed by atoms with E-state index in [1.165, 1.54) is 32.1 Å². The average molecular weight is 465 g/mol. The molecule has 2 fully saturated rings. The van der Waals surface area contributed by atoms with Gasteiger partial charge in [-0.15, -0.1) is 0 Å². The molecule has 3 N–H and O–H groups in total. The molecular formula is C27H36N4O3. The molecule has 2 aromatic carbocycles. The lowest BCUT2D eigenvalue weighted by molar-refractivity contribution is -0.122. The standard InChI is InChI=1S/C27H33N3O3.H3N/c1-3-29-26(31)25(33-27(29)28-22-12-8-5-4-6-9-13-22)20-21-16-18-24(19-17-21)30(32-2)23-14-10-7-11-15-23;/h7,10-11,14-20,22H,3-6,8-9,12-13H2,1-2H3;1H3/b25-20+,28-27?;. The Hall–Kier alpha value is -3.16. The van der Waals surface area contributed by atoms with Crippen LogP contribution in [-0.4, -0.2) is 36.5 Å². The van der Waals surface area contributed by atoms with Gasteiger partial charge in [0, 0.05) is 6.54 Å². The van der Waals surface area contributed by atoms with Gasteiger partial charge in [-0.25, -0.2) is 10.1 Å². The third-order valence-electron chi connectivity index (χ3n) is 6.17. The second-order valence-corrected chi connectivity index (χ2v) is 8.47. The maximum absolute atomic E-state index is 12.9. The molecule has 1 saturated heterocycles. The fourth-order valence-corrected chi connectivity index (χ4v) is 4.38. The summed E-state index contributed by atoms with van der Waals surface area (Å²) in [6.07, 6.45) is 10.2. The van der Waals surface area contributed by atoms with Crippen molar-refractivity contribution in [3.63, 3.8) is 0 Å². The predicted molar refractivity (Wildman–Crippen MR) is 137 cm³/mol. The Morgan fingerprint density at radius 1 is 1.00 bits per heavy atom. The molecule has 1 aliphatic carbocycles. The Balaban J connectivity index is 0.00000324. The minimum atomic E-state index is -0.131. The van der Waals surface area contributed by atoms with Gasteiger partial charge in [-0.05, 0) is 55.7 Å². The molecule has 0 atom stereocenters. The van der Waals surface area contributed by atoms with Gasteiger partial charge >= 0.3 is 6.02 Å². The maximum atomic E-state index is 12.9. The van der Waals surface area contributed by atoms with E-state index in [0.29, 0.717) is 18.3 Å². The van der Waals surface area contributed by atoms with Gasteiger partial charge in [0.05, 0.1) is 24.5 Å². The normalized spacial score (nSPS) is 19.5. The van der Waals surface area contributed by atoms with Gasteiger partial charge in [0.25, 0.3) is 5.91 Å². The summed E-state index contributed by atoms with van der Waals surface area (Å²) in [6, 6.07) is 18.4. The lowest BCUT2D eigenvalue weighted by Gasteiger charge is -2.21. The van der Waals surface area contributed by atoms with Gasteiger partial charge in [0.2, 0.25) is 0 Å². The van der Waals surface area contributed by atoms with Crippen LogP contribution in [0.4, 0.5) is 11.4 Å². The number of carbonyl (C=O) groups excluding carboxylic acids is 1. The SMILES string of the molecule is CCN1C(=O)/C(=C\c2ccc(N(OC)c3ccccc3)cc2)OC1=NC1CCCCCCC1.N. The molecule has 2 aliphatic rings. The van der Waals surface area contributed by atoms with Crippen LogP contribution in [0.5, 0.6) is 0 Å². The van der Waals surface area contributed by atoms with Gasteiger partial charge in [0.15, 0.2) is 5.76 Å². The summed E-state index contributed by atoms with van der Waals surface area (Å²) in [4.78, 5) is 25.0. The molecule has 0 unspecified atom stereocenters. The van der Waals surface area contributed by atoms with Crippen molar-refractivity contribution in [2.24, 2.45) is 4.99 Å². The van der Waals surface area contributed by atoms with Crippen molar-refractivity contribution >= 4 is 29.4 Å². The molecule has 0 bridgehead atoms. The number of hydrogen-bond donors (Lipinski definition) is 1. The third-order valence-corrected chi connectivity index (χ3v) is 6.17. The van der Waals surface area contributed by atoms with Crippen molar-refractivity contribution in [3.8, 4) is 0 Å². The first kappa shape index (κ1) is 25.5. The molecule has 0 aromatic heterocycles. The van der Waals surface area contributed by atoms with Crippen LogP contribution in [0, 0.1) is 0 Å². The first-order valence-electron chi connectivity index (χ1n) is 12.0. The minimum Gasteiger partial charge on any atom is -0.420 e. The molecule has 4 rings (SSSR count). The zero-order chi connectivity index (χ0) is 23.0. The highest BCUT2D eigenvalue weighted by atomic mass is 16.7. The molecule has 0 spiro atoms. The summed E-state index contributed by atoms with van der Waals surface area (Å²) < 4.78 is 5.98. The van der Waals surface area contributed by atoms with Gasteiger partial charge in [-0.1, -0.05) is 62.4 Å². The molecule has 7 nitrogen and oxygen atoms in total. The van der Waals surface area contributed by atoms with Crippen LogP contribution in [0.25, 0.3) is 6.08 Å². The number of benzene rings is 2. The molecular weight excluding hydrogens is 428 g/mol. The lowest BCUT2D eigenvalue weighted by Crippen LogP contribution is -2.30. The number of likely N-dealkylation sites (N-methyl/N-ethyl adjacent to an activating group) is 1. The van der Waals surface area contributed by atoms with Crippen LogP contribution in [0.2, 0.25) is 0 Å².